The maximum atomic E-state index is 15.3. The molecule has 0 aromatic rings. The number of alkyl carbamates (subject to hydrolysis) is 1. The summed E-state index contributed by atoms with van der Waals surface area (Å²) in [5.74, 6) is -9.83. The summed E-state index contributed by atoms with van der Waals surface area (Å²) in [5, 5.41) is 29.8. The Hall–Kier alpha value is -5.82. The Morgan fingerprint density at radius 3 is 1.79 bits per heavy atom. The molecule has 1 aliphatic rings. The van der Waals surface area contributed by atoms with E-state index in [1.54, 1.807) is 90.0 Å². The number of Topliss-reactive ketones (excluding diaryl/α,β-unsaturated/α-hetero) is 1. The van der Waals surface area contributed by atoms with Crippen LogP contribution >= 0.6 is 0 Å². The summed E-state index contributed by atoms with van der Waals surface area (Å²) < 4.78 is 5.30. The minimum atomic E-state index is -1.77. The molecule has 1 rings (SSSR count). The second kappa shape index (κ2) is 24.6. The van der Waals surface area contributed by atoms with Gasteiger partial charge in [-0.3, -0.25) is 43.2 Å². The summed E-state index contributed by atoms with van der Waals surface area (Å²) in [6.45, 7) is 28.2. The van der Waals surface area contributed by atoms with Gasteiger partial charge in [0, 0.05) is 30.6 Å². The van der Waals surface area contributed by atoms with Crippen LogP contribution in [0.25, 0.3) is 0 Å². The van der Waals surface area contributed by atoms with E-state index in [1.807, 2.05) is 0 Å². The van der Waals surface area contributed by atoms with Crippen LogP contribution in [-0.4, -0.2) is 150 Å². The monoisotopic (exact) mass is 934 g/mol. The van der Waals surface area contributed by atoms with Gasteiger partial charge in [-0.15, -0.1) is 13.2 Å². The Morgan fingerprint density at radius 1 is 0.758 bits per heavy atom. The fraction of sp³-hybridized carbons (Fsp3) is 0.696. The molecule has 0 aromatic carbocycles. The number of hydrogen-bond acceptors (Lipinski definition) is 11. The van der Waals surface area contributed by atoms with Crippen LogP contribution in [-0.2, 0) is 47.9 Å². The van der Waals surface area contributed by atoms with E-state index in [4.69, 9.17) is 4.74 Å². The third-order valence-electron chi connectivity index (χ3n) is 10.4. The highest BCUT2D eigenvalue weighted by Crippen LogP contribution is 2.31. The smallest absolute Gasteiger partial charge is 0.408 e. The SMILES string of the molecule is C=CCNC(=O)C(=O)[C@@H](CC=C)NC(=O)[C@@H]1CCCN1C(=O)[C@@H](NC(=O)[C@H](C(C)C)N(C(=O)[C@H](CCC(=O)O)N(C(=O)[C@H](CC(=O)O)NC(=O)OC(C)(C)C)C(C)(C)C)C(C)(C)C)C(C)C. The zero-order valence-electron chi connectivity index (χ0n) is 41.1. The summed E-state index contributed by atoms with van der Waals surface area (Å²) in [6, 6.07) is -8.33. The summed E-state index contributed by atoms with van der Waals surface area (Å²) >= 11 is 0. The van der Waals surface area contributed by atoms with E-state index in [2.05, 4.69) is 34.4 Å². The van der Waals surface area contributed by atoms with Crippen molar-refractivity contribution in [2.24, 2.45) is 11.8 Å². The van der Waals surface area contributed by atoms with Crippen LogP contribution in [0.4, 0.5) is 4.79 Å². The van der Waals surface area contributed by atoms with Crippen LogP contribution in [0.3, 0.4) is 0 Å². The maximum absolute atomic E-state index is 15.3. The summed E-state index contributed by atoms with van der Waals surface area (Å²) in [5.41, 5.74) is -3.56. The highest BCUT2D eigenvalue weighted by atomic mass is 16.6. The zero-order chi connectivity index (χ0) is 51.2. The normalized spacial score (nSPS) is 16.4. The van der Waals surface area contributed by atoms with E-state index in [1.165, 1.54) is 22.0 Å². The summed E-state index contributed by atoms with van der Waals surface area (Å²) in [7, 11) is 0. The van der Waals surface area contributed by atoms with Gasteiger partial charge in [-0.2, -0.15) is 0 Å². The molecule has 0 aliphatic carbocycles. The van der Waals surface area contributed by atoms with Crippen molar-refractivity contribution in [2.75, 3.05) is 13.1 Å². The fourth-order valence-electron chi connectivity index (χ4n) is 7.64. The molecular formula is C46H75N7O13. The molecule has 7 amide bonds. The number of aliphatic carboxylic acids is 2. The van der Waals surface area contributed by atoms with Crippen molar-refractivity contribution < 1.29 is 62.9 Å². The van der Waals surface area contributed by atoms with Crippen molar-refractivity contribution in [3.63, 3.8) is 0 Å². The molecular weight excluding hydrogens is 859 g/mol. The predicted molar refractivity (Wildman–Crippen MR) is 244 cm³/mol. The topological polar surface area (TPSA) is 278 Å². The van der Waals surface area contributed by atoms with E-state index in [0.29, 0.717) is 6.42 Å². The van der Waals surface area contributed by atoms with Crippen molar-refractivity contribution >= 4 is 59.3 Å². The average molecular weight is 934 g/mol. The van der Waals surface area contributed by atoms with Gasteiger partial charge in [-0.1, -0.05) is 39.8 Å². The molecule has 0 bridgehead atoms. The van der Waals surface area contributed by atoms with Crippen molar-refractivity contribution in [3.8, 4) is 0 Å². The number of rotatable bonds is 23. The zero-order valence-corrected chi connectivity index (χ0v) is 41.1. The van der Waals surface area contributed by atoms with Gasteiger partial charge in [0.25, 0.3) is 5.91 Å². The Morgan fingerprint density at radius 2 is 1.33 bits per heavy atom. The van der Waals surface area contributed by atoms with E-state index in [9.17, 15) is 53.4 Å². The number of amides is 7. The molecule has 0 spiro atoms. The molecule has 1 fully saturated rings. The van der Waals surface area contributed by atoms with Gasteiger partial charge in [0.15, 0.2) is 0 Å². The molecule has 1 heterocycles. The second-order valence-electron chi connectivity index (χ2n) is 20.1. The van der Waals surface area contributed by atoms with Crippen LogP contribution < -0.4 is 21.3 Å². The van der Waals surface area contributed by atoms with Gasteiger partial charge >= 0.3 is 18.0 Å². The minimum Gasteiger partial charge on any atom is -0.481 e. The molecule has 20 heteroatoms. The van der Waals surface area contributed by atoms with E-state index >= 15 is 4.79 Å². The number of ketones is 1. The summed E-state index contributed by atoms with van der Waals surface area (Å²) in [6.07, 6.45) is 0.179. The lowest BCUT2D eigenvalue weighted by Gasteiger charge is -2.49. The van der Waals surface area contributed by atoms with Crippen molar-refractivity contribution in [1.82, 2.24) is 36.0 Å². The third kappa shape index (κ3) is 17.2. The number of likely N-dealkylation sites (tertiary alicyclic amines) is 1. The van der Waals surface area contributed by atoms with E-state index < -0.39 is 143 Å². The maximum Gasteiger partial charge on any atom is 0.408 e. The van der Waals surface area contributed by atoms with Crippen LogP contribution in [0.1, 0.15) is 129 Å². The van der Waals surface area contributed by atoms with Gasteiger partial charge in [0.1, 0.15) is 41.9 Å². The average Bonchev–Trinajstić information content (AvgIpc) is 3.66. The molecule has 20 nitrogen and oxygen atoms in total. The first kappa shape index (κ1) is 58.2. The molecule has 0 aromatic heterocycles. The number of carboxylic acid groups (broad SMARTS) is 2. The lowest BCUT2D eigenvalue weighted by Crippen LogP contribution is -2.68. The molecule has 0 saturated carbocycles. The van der Waals surface area contributed by atoms with Crippen LogP contribution in [0.15, 0.2) is 25.3 Å². The van der Waals surface area contributed by atoms with Crippen LogP contribution in [0, 0.1) is 11.8 Å². The molecule has 0 unspecified atom stereocenters. The number of nitrogens with one attached hydrogen (secondary N) is 4. The van der Waals surface area contributed by atoms with Gasteiger partial charge in [-0.05, 0) is 99.8 Å². The van der Waals surface area contributed by atoms with Crippen molar-refractivity contribution in [3.05, 3.63) is 25.3 Å². The largest absolute Gasteiger partial charge is 0.481 e. The molecule has 1 saturated heterocycles. The summed E-state index contributed by atoms with van der Waals surface area (Å²) in [4.78, 5) is 139. The highest BCUT2D eigenvalue weighted by Gasteiger charge is 2.49. The Labute approximate surface area is 389 Å². The molecule has 372 valence electrons. The van der Waals surface area contributed by atoms with Gasteiger partial charge in [0.2, 0.25) is 35.3 Å². The first-order valence-electron chi connectivity index (χ1n) is 22.3. The lowest BCUT2D eigenvalue weighted by atomic mass is 9.90. The standard InChI is InChI=1S/C46H75N7O13/c1-16-19-28(36(58)39(61)47-23-17-2)48-37(59)30-20-18-24-51(30)42(64)34(26(3)4)50-38(60)35(27(5)6)53(45(10,11)12)41(63)31(21-22-32(54)55)52(44(7,8)9)40(62)29(25-33(56)57)49-43(65)66-46(13,14)15/h16-17,26-31,34-35H,1-2,18-25H2,3-15H3,(H,47,61)(H,48,59)(H,49,65)(H,50,60)(H,54,55)(H,56,57)/t28-,29+,30+,31+,34+,35+/m1/s1. The predicted octanol–water partition coefficient (Wildman–Crippen LogP) is 2.93. The fourth-order valence-corrected chi connectivity index (χ4v) is 7.64. The second-order valence-corrected chi connectivity index (χ2v) is 20.1. The van der Waals surface area contributed by atoms with E-state index in [0.717, 1.165) is 4.90 Å². The number of hydrogen-bond donors (Lipinski definition) is 6. The number of carboxylic acids is 2. The quantitative estimate of drug-likeness (QED) is 0.0636. The minimum absolute atomic E-state index is 0.0241. The molecule has 0 radical (unpaired) electrons. The number of ether oxygens (including phenoxy) is 1. The number of carbonyl (C=O) groups excluding carboxylic acids is 8. The van der Waals surface area contributed by atoms with Crippen LogP contribution in [0.5, 0.6) is 0 Å². The molecule has 6 atom stereocenters. The van der Waals surface area contributed by atoms with Crippen molar-refractivity contribution in [2.45, 2.75) is 181 Å². The molecule has 66 heavy (non-hydrogen) atoms. The Kier molecular flexibility index (Phi) is 21.7. The highest BCUT2D eigenvalue weighted by molar-refractivity contribution is 6.38. The lowest BCUT2D eigenvalue weighted by molar-refractivity contribution is -0.162. The Bertz CT molecular complexity index is 1830. The van der Waals surface area contributed by atoms with Crippen molar-refractivity contribution in [1.29, 1.82) is 0 Å². The van der Waals surface area contributed by atoms with Gasteiger partial charge < -0.3 is 50.9 Å². The first-order valence-corrected chi connectivity index (χ1v) is 22.3. The van der Waals surface area contributed by atoms with Crippen LogP contribution in [0.2, 0.25) is 0 Å². The van der Waals surface area contributed by atoms with Gasteiger partial charge in [-0.25, -0.2) is 4.79 Å². The number of carbonyl (C=O) groups is 10. The first-order chi connectivity index (χ1) is 30.2. The molecule has 1 aliphatic heterocycles. The Balaban J connectivity index is 3.81. The third-order valence-corrected chi connectivity index (χ3v) is 10.4. The van der Waals surface area contributed by atoms with Gasteiger partial charge in [0.05, 0.1) is 6.42 Å². The van der Waals surface area contributed by atoms with E-state index in [-0.39, 0.29) is 25.9 Å². The number of nitrogens with zero attached hydrogens (tertiary/aromatic N) is 3. The molecule has 6 N–H and O–H groups in total.